The van der Waals surface area contributed by atoms with Crippen LogP contribution in [-0.4, -0.2) is 12.3 Å². The molecule has 0 aromatic carbocycles. The summed E-state index contributed by atoms with van der Waals surface area (Å²) in [5.74, 6) is 1.82. The molecule has 0 heterocycles. The van der Waals surface area contributed by atoms with Gasteiger partial charge in [-0.2, -0.15) is 0 Å². The van der Waals surface area contributed by atoms with Gasteiger partial charge in [0.15, 0.2) is 0 Å². The van der Waals surface area contributed by atoms with Gasteiger partial charge in [0.1, 0.15) is 5.78 Å². The number of carbonyl (C=O) groups is 1. The molecular formula is C12H23NO. The molecule has 2 nitrogen and oxygen atoms in total. The molecule has 1 fully saturated rings. The molecule has 1 rings (SSSR count). The van der Waals surface area contributed by atoms with Gasteiger partial charge in [-0.3, -0.25) is 4.79 Å². The highest BCUT2D eigenvalue weighted by Gasteiger charge is 2.20. The normalized spacial score (nSPS) is 19.0. The molecule has 0 aliphatic heterocycles. The van der Waals surface area contributed by atoms with Crippen LogP contribution in [0.25, 0.3) is 0 Å². The molecule has 0 spiro atoms. The van der Waals surface area contributed by atoms with E-state index in [9.17, 15) is 4.79 Å². The van der Waals surface area contributed by atoms with Crippen molar-refractivity contribution >= 4 is 5.78 Å². The lowest BCUT2D eigenvalue weighted by Gasteiger charge is -2.24. The number of rotatable bonds is 7. The van der Waals surface area contributed by atoms with Crippen LogP contribution in [0.3, 0.4) is 0 Å². The quantitative estimate of drug-likeness (QED) is 0.681. The number of Topliss-reactive ketones (excluding diaryl/α,β-unsaturated/α-hetero) is 1. The fraction of sp³-hybridized carbons (Fsp3) is 0.917. The first-order chi connectivity index (χ1) is 6.72. The number of nitrogens with two attached hydrogens (primary N) is 1. The van der Waals surface area contributed by atoms with E-state index in [1.807, 2.05) is 0 Å². The molecule has 14 heavy (non-hydrogen) atoms. The van der Waals surface area contributed by atoms with Crippen molar-refractivity contribution in [2.45, 2.75) is 51.9 Å². The summed E-state index contributed by atoms with van der Waals surface area (Å²) in [5, 5.41) is 0. The lowest BCUT2D eigenvalue weighted by Crippen LogP contribution is -2.16. The van der Waals surface area contributed by atoms with Crippen LogP contribution < -0.4 is 5.73 Å². The predicted molar refractivity (Wildman–Crippen MR) is 59.0 cm³/mol. The monoisotopic (exact) mass is 197 g/mol. The van der Waals surface area contributed by atoms with Crippen LogP contribution in [0.1, 0.15) is 51.9 Å². The van der Waals surface area contributed by atoms with Crippen molar-refractivity contribution in [1.29, 1.82) is 0 Å². The van der Waals surface area contributed by atoms with Crippen LogP contribution in [0.2, 0.25) is 0 Å². The molecule has 0 amide bonds. The van der Waals surface area contributed by atoms with E-state index >= 15 is 0 Å². The molecule has 1 aliphatic carbocycles. The zero-order valence-electron chi connectivity index (χ0n) is 9.30. The second kappa shape index (κ2) is 6.18. The van der Waals surface area contributed by atoms with Gasteiger partial charge in [-0.1, -0.05) is 26.2 Å². The molecule has 0 aromatic rings. The number of carbonyl (C=O) groups excluding carboxylic acids is 1. The van der Waals surface area contributed by atoms with Crippen LogP contribution in [0, 0.1) is 11.8 Å². The van der Waals surface area contributed by atoms with Gasteiger partial charge in [0, 0.05) is 12.8 Å². The molecule has 1 aliphatic rings. The van der Waals surface area contributed by atoms with E-state index in [1.165, 1.54) is 19.3 Å². The second-order valence-electron chi connectivity index (χ2n) is 4.76. The van der Waals surface area contributed by atoms with Crippen LogP contribution >= 0.6 is 0 Å². The number of hydrogen-bond acceptors (Lipinski definition) is 2. The maximum absolute atomic E-state index is 11.5. The van der Waals surface area contributed by atoms with Gasteiger partial charge in [-0.05, 0) is 31.2 Å². The average Bonchev–Trinajstić information content (AvgIpc) is 2.09. The second-order valence-corrected chi connectivity index (χ2v) is 4.76. The third-order valence-corrected chi connectivity index (χ3v) is 3.32. The summed E-state index contributed by atoms with van der Waals surface area (Å²) in [6.07, 6.45) is 7.60. The first kappa shape index (κ1) is 11.7. The number of ketones is 1. The molecule has 0 bridgehead atoms. The fourth-order valence-electron chi connectivity index (χ4n) is 1.96. The van der Waals surface area contributed by atoms with E-state index < -0.39 is 0 Å². The molecule has 0 aromatic heterocycles. The Labute approximate surface area is 87.2 Å². The fourth-order valence-corrected chi connectivity index (χ4v) is 1.96. The molecular weight excluding hydrogens is 174 g/mol. The van der Waals surface area contributed by atoms with Gasteiger partial charge >= 0.3 is 0 Å². The van der Waals surface area contributed by atoms with E-state index in [-0.39, 0.29) is 0 Å². The highest BCUT2D eigenvalue weighted by atomic mass is 16.1. The Morgan fingerprint density at radius 1 is 1.43 bits per heavy atom. The highest BCUT2D eigenvalue weighted by Crippen LogP contribution is 2.30. The molecule has 0 saturated heterocycles. The van der Waals surface area contributed by atoms with Crippen molar-refractivity contribution in [3.63, 3.8) is 0 Å². The Bertz CT molecular complexity index is 175. The first-order valence-corrected chi connectivity index (χ1v) is 5.94. The minimum absolute atomic E-state index is 0.471. The summed E-state index contributed by atoms with van der Waals surface area (Å²) >= 11 is 0. The maximum Gasteiger partial charge on any atom is 0.133 e. The topological polar surface area (TPSA) is 43.1 Å². The van der Waals surface area contributed by atoms with Crippen LogP contribution in [0.5, 0.6) is 0 Å². The molecule has 0 radical (unpaired) electrons. The van der Waals surface area contributed by atoms with Crippen molar-refractivity contribution in [3.8, 4) is 0 Å². The molecule has 2 N–H and O–H groups in total. The zero-order chi connectivity index (χ0) is 10.4. The minimum Gasteiger partial charge on any atom is -0.330 e. The molecule has 1 atom stereocenters. The summed E-state index contributed by atoms with van der Waals surface area (Å²) in [7, 11) is 0. The van der Waals surface area contributed by atoms with E-state index in [4.69, 9.17) is 5.73 Å². The minimum atomic E-state index is 0.471. The lowest BCUT2D eigenvalue weighted by atomic mass is 9.81. The number of hydrogen-bond donors (Lipinski definition) is 1. The van der Waals surface area contributed by atoms with Gasteiger partial charge in [0.05, 0.1) is 0 Å². The van der Waals surface area contributed by atoms with Crippen molar-refractivity contribution in [3.05, 3.63) is 0 Å². The van der Waals surface area contributed by atoms with Crippen LogP contribution in [0.4, 0.5) is 0 Å². The van der Waals surface area contributed by atoms with E-state index in [0.29, 0.717) is 11.7 Å². The Kier molecular flexibility index (Phi) is 5.16. The Morgan fingerprint density at radius 3 is 2.64 bits per heavy atom. The lowest BCUT2D eigenvalue weighted by molar-refractivity contribution is -0.120. The predicted octanol–water partition coefficient (Wildman–Crippen LogP) is 2.51. The largest absolute Gasteiger partial charge is 0.330 e. The Balaban J connectivity index is 2.01. The van der Waals surface area contributed by atoms with Gasteiger partial charge in [0.25, 0.3) is 0 Å². The first-order valence-electron chi connectivity index (χ1n) is 5.94. The maximum atomic E-state index is 11.5. The van der Waals surface area contributed by atoms with Crippen molar-refractivity contribution in [1.82, 2.24) is 0 Å². The van der Waals surface area contributed by atoms with Crippen molar-refractivity contribution < 1.29 is 4.79 Å². The van der Waals surface area contributed by atoms with E-state index in [2.05, 4.69) is 6.92 Å². The van der Waals surface area contributed by atoms with E-state index in [0.717, 1.165) is 38.1 Å². The smallest absolute Gasteiger partial charge is 0.133 e. The van der Waals surface area contributed by atoms with Gasteiger partial charge in [-0.15, -0.1) is 0 Å². The summed E-state index contributed by atoms with van der Waals surface area (Å²) in [6.45, 7) is 2.93. The average molecular weight is 197 g/mol. The summed E-state index contributed by atoms with van der Waals surface area (Å²) in [6, 6.07) is 0. The Morgan fingerprint density at radius 2 is 2.14 bits per heavy atom. The highest BCUT2D eigenvalue weighted by molar-refractivity contribution is 5.78. The summed E-state index contributed by atoms with van der Waals surface area (Å²) in [5.41, 5.74) is 5.46. The summed E-state index contributed by atoms with van der Waals surface area (Å²) in [4.78, 5) is 11.5. The third kappa shape index (κ3) is 4.23. The SMILES string of the molecule is CC(CCN)CCC(=O)CC1CCC1. The molecule has 1 saturated carbocycles. The van der Waals surface area contributed by atoms with Crippen molar-refractivity contribution in [2.75, 3.05) is 6.54 Å². The van der Waals surface area contributed by atoms with Crippen LogP contribution in [0.15, 0.2) is 0 Å². The summed E-state index contributed by atoms with van der Waals surface area (Å²) < 4.78 is 0. The van der Waals surface area contributed by atoms with Gasteiger partial charge in [-0.25, -0.2) is 0 Å². The standard InChI is InChI=1S/C12H23NO/c1-10(7-8-13)5-6-12(14)9-11-3-2-4-11/h10-11H,2-9,13H2,1H3. The third-order valence-electron chi connectivity index (χ3n) is 3.32. The van der Waals surface area contributed by atoms with E-state index in [1.54, 1.807) is 0 Å². The van der Waals surface area contributed by atoms with Gasteiger partial charge < -0.3 is 5.73 Å². The molecule has 2 heteroatoms. The molecule has 82 valence electrons. The zero-order valence-corrected chi connectivity index (χ0v) is 9.30. The van der Waals surface area contributed by atoms with Gasteiger partial charge in [0.2, 0.25) is 0 Å². The van der Waals surface area contributed by atoms with Crippen molar-refractivity contribution in [2.24, 2.45) is 17.6 Å². The molecule has 1 unspecified atom stereocenters. The Hall–Kier alpha value is -0.370. The van der Waals surface area contributed by atoms with Crippen LogP contribution in [-0.2, 0) is 4.79 Å².